The second-order valence-corrected chi connectivity index (χ2v) is 4.60. The van der Waals surface area contributed by atoms with Crippen molar-refractivity contribution in [2.75, 3.05) is 7.11 Å². The lowest BCUT2D eigenvalue weighted by Gasteiger charge is -2.09. The van der Waals surface area contributed by atoms with E-state index in [1.54, 1.807) is 6.07 Å². The Labute approximate surface area is 118 Å². The lowest BCUT2D eigenvalue weighted by atomic mass is 10.2. The zero-order valence-electron chi connectivity index (χ0n) is 10.4. The number of halogens is 1. The van der Waals surface area contributed by atoms with Gasteiger partial charge in [-0.3, -0.25) is 0 Å². The van der Waals surface area contributed by atoms with Crippen LogP contribution in [0.3, 0.4) is 0 Å². The standard InChI is InChI=1S/C13H11BrN2O3/c1-8-5-9(3-4-11(8)14)19-12-10(13(17)18-2)6-15-7-16-12/h3-7H,1-2H3. The van der Waals surface area contributed by atoms with E-state index in [1.165, 1.54) is 19.6 Å². The Balaban J connectivity index is 2.32. The van der Waals surface area contributed by atoms with E-state index in [2.05, 4.69) is 30.6 Å². The molecule has 0 aliphatic carbocycles. The van der Waals surface area contributed by atoms with Crippen molar-refractivity contribution in [1.82, 2.24) is 9.97 Å². The summed E-state index contributed by atoms with van der Waals surface area (Å²) in [4.78, 5) is 19.3. The topological polar surface area (TPSA) is 61.3 Å². The van der Waals surface area contributed by atoms with Crippen LogP contribution in [0.5, 0.6) is 11.6 Å². The van der Waals surface area contributed by atoms with Crippen molar-refractivity contribution >= 4 is 21.9 Å². The van der Waals surface area contributed by atoms with E-state index in [4.69, 9.17) is 4.74 Å². The van der Waals surface area contributed by atoms with Crippen molar-refractivity contribution in [3.8, 4) is 11.6 Å². The number of aryl methyl sites for hydroxylation is 1. The predicted molar refractivity (Wildman–Crippen MR) is 72.3 cm³/mol. The number of rotatable bonds is 3. The van der Waals surface area contributed by atoms with Gasteiger partial charge in [-0.15, -0.1) is 0 Å². The molecule has 1 aromatic heterocycles. The van der Waals surface area contributed by atoms with E-state index < -0.39 is 5.97 Å². The Morgan fingerprint density at radius 2 is 2.16 bits per heavy atom. The van der Waals surface area contributed by atoms with Crippen LogP contribution >= 0.6 is 15.9 Å². The van der Waals surface area contributed by atoms with Gasteiger partial charge in [-0.2, -0.15) is 0 Å². The number of hydrogen-bond donors (Lipinski definition) is 0. The Kier molecular flexibility index (Phi) is 4.11. The van der Waals surface area contributed by atoms with E-state index in [-0.39, 0.29) is 11.4 Å². The Morgan fingerprint density at radius 3 is 2.84 bits per heavy atom. The highest BCUT2D eigenvalue weighted by Gasteiger charge is 2.15. The molecule has 0 unspecified atom stereocenters. The van der Waals surface area contributed by atoms with Gasteiger partial charge in [0.25, 0.3) is 0 Å². The second kappa shape index (κ2) is 5.79. The lowest BCUT2D eigenvalue weighted by molar-refractivity contribution is 0.0596. The molecular formula is C13H11BrN2O3. The van der Waals surface area contributed by atoms with Crippen LogP contribution in [0.4, 0.5) is 0 Å². The molecule has 0 spiro atoms. The molecule has 0 fully saturated rings. The molecule has 2 rings (SSSR count). The van der Waals surface area contributed by atoms with Crippen LogP contribution in [0.25, 0.3) is 0 Å². The summed E-state index contributed by atoms with van der Waals surface area (Å²) in [5.74, 6) is 0.220. The summed E-state index contributed by atoms with van der Waals surface area (Å²) in [7, 11) is 1.29. The van der Waals surface area contributed by atoms with E-state index in [1.807, 2.05) is 19.1 Å². The maximum atomic E-state index is 11.6. The molecule has 6 heteroatoms. The minimum absolute atomic E-state index is 0.170. The van der Waals surface area contributed by atoms with Crippen molar-refractivity contribution in [2.24, 2.45) is 0 Å². The molecule has 0 saturated carbocycles. The number of benzene rings is 1. The van der Waals surface area contributed by atoms with Crippen molar-refractivity contribution in [3.63, 3.8) is 0 Å². The number of hydrogen-bond acceptors (Lipinski definition) is 5. The summed E-state index contributed by atoms with van der Waals surface area (Å²) in [5.41, 5.74) is 1.21. The Bertz CT molecular complexity index is 617. The summed E-state index contributed by atoms with van der Waals surface area (Å²) in [5, 5.41) is 0. The number of carbonyl (C=O) groups excluding carboxylic acids is 1. The molecule has 19 heavy (non-hydrogen) atoms. The van der Waals surface area contributed by atoms with Crippen LogP contribution in [0.2, 0.25) is 0 Å². The molecule has 0 saturated heterocycles. The molecule has 0 amide bonds. The number of ether oxygens (including phenoxy) is 2. The highest BCUT2D eigenvalue weighted by atomic mass is 79.9. The first kappa shape index (κ1) is 13.5. The van der Waals surface area contributed by atoms with Gasteiger partial charge >= 0.3 is 5.97 Å². The van der Waals surface area contributed by atoms with Gasteiger partial charge in [-0.25, -0.2) is 14.8 Å². The molecule has 0 bridgehead atoms. The Hall–Kier alpha value is -1.95. The summed E-state index contributed by atoms with van der Waals surface area (Å²) in [6, 6.07) is 5.48. The fraction of sp³-hybridized carbons (Fsp3) is 0.154. The molecule has 2 aromatic rings. The second-order valence-electron chi connectivity index (χ2n) is 3.75. The van der Waals surface area contributed by atoms with E-state index >= 15 is 0 Å². The zero-order valence-corrected chi connectivity index (χ0v) is 12.0. The minimum atomic E-state index is -0.538. The molecule has 5 nitrogen and oxygen atoms in total. The fourth-order valence-electron chi connectivity index (χ4n) is 1.44. The molecule has 0 radical (unpaired) electrons. The van der Waals surface area contributed by atoms with E-state index in [9.17, 15) is 4.79 Å². The van der Waals surface area contributed by atoms with Crippen LogP contribution in [0, 0.1) is 6.92 Å². The minimum Gasteiger partial charge on any atom is -0.465 e. The predicted octanol–water partition coefficient (Wildman–Crippen LogP) is 3.13. The van der Waals surface area contributed by atoms with Crippen LogP contribution in [0.15, 0.2) is 35.2 Å². The third kappa shape index (κ3) is 3.08. The molecular weight excluding hydrogens is 312 g/mol. The molecule has 1 heterocycles. The molecule has 0 N–H and O–H groups in total. The fourth-order valence-corrected chi connectivity index (χ4v) is 1.69. The zero-order chi connectivity index (χ0) is 13.8. The van der Waals surface area contributed by atoms with Crippen molar-refractivity contribution in [1.29, 1.82) is 0 Å². The summed E-state index contributed by atoms with van der Waals surface area (Å²) < 4.78 is 11.2. The first-order chi connectivity index (χ1) is 9.11. The van der Waals surface area contributed by atoms with Gasteiger partial charge < -0.3 is 9.47 Å². The van der Waals surface area contributed by atoms with E-state index in [0.29, 0.717) is 5.75 Å². The largest absolute Gasteiger partial charge is 0.465 e. The van der Waals surface area contributed by atoms with Gasteiger partial charge in [0, 0.05) is 10.7 Å². The lowest BCUT2D eigenvalue weighted by Crippen LogP contribution is -2.05. The molecule has 0 aliphatic heterocycles. The first-order valence-electron chi connectivity index (χ1n) is 5.44. The van der Waals surface area contributed by atoms with Crippen molar-refractivity contribution in [2.45, 2.75) is 6.92 Å². The number of carbonyl (C=O) groups is 1. The van der Waals surface area contributed by atoms with E-state index in [0.717, 1.165) is 10.0 Å². The van der Waals surface area contributed by atoms with Gasteiger partial charge in [0.1, 0.15) is 17.6 Å². The van der Waals surface area contributed by atoms with Gasteiger partial charge in [0.2, 0.25) is 5.88 Å². The van der Waals surface area contributed by atoms with Gasteiger partial charge in [-0.05, 0) is 30.7 Å². The van der Waals surface area contributed by atoms with Gasteiger partial charge in [0.15, 0.2) is 0 Å². The molecule has 98 valence electrons. The SMILES string of the molecule is COC(=O)c1cncnc1Oc1ccc(Br)c(C)c1. The highest BCUT2D eigenvalue weighted by molar-refractivity contribution is 9.10. The van der Waals surface area contributed by atoms with Gasteiger partial charge in [-0.1, -0.05) is 15.9 Å². The number of aromatic nitrogens is 2. The first-order valence-corrected chi connectivity index (χ1v) is 6.23. The summed E-state index contributed by atoms with van der Waals surface area (Å²) >= 11 is 3.41. The third-order valence-electron chi connectivity index (χ3n) is 2.42. The quantitative estimate of drug-likeness (QED) is 0.812. The summed E-state index contributed by atoms with van der Waals surface area (Å²) in [6.07, 6.45) is 2.67. The van der Waals surface area contributed by atoms with Crippen LogP contribution in [-0.2, 0) is 4.74 Å². The van der Waals surface area contributed by atoms with Crippen LogP contribution in [-0.4, -0.2) is 23.0 Å². The monoisotopic (exact) mass is 322 g/mol. The maximum absolute atomic E-state index is 11.6. The number of methoxy groups -OCH3 is 1. The average molecular weight is 323 g/mol. The smallest absolute Gasteiger partial charge is 0.345 e. The average Bonchev–Trinajstić information content (AvgIpc) is 2.43. The van der Waals surface area contributed by atoms with Crippen LogP contribution in [0.1, 0.15) is 15.9 Å². The molecule has 0 aliphatic rings. The highest BCUT2D eigenvalue weighted by Crippen LogP contribution is 2.26. The summed E-state index contributed by atoms with van der Waals surface area (Å²) in [6.45, 7) is 1.94. The Morgan fingerprint density at radius 1 is 1.37 bits per heavy atom. The molecule has 1 aromatic carbocycles. The maximum Gasteiger partial charge on any atom is 0.345 e. The number of nitrogens with zero attached hydrogens (tertiary/aromatic N) is 2. The number of esters is 1. The normalized spacial score (nSPS) is 10.1. The van der Waals surface area contributed by atoms with Crippen molar-refractivity contribution in [3.05, 3.63) is 46.3 Å². The molecule has 0 atom stereocenters. The third-order valence-corrected chi connectivity index (χ3v) is 3.31. The van der Waals surface area contributed by atoms with Crippen molar-refractivity contribution < 1.29 is 14.3 Å². The van der Waals surface area contributed by atoms with Crippen LogP contribution < -0.4 is 4.74 Å². The van der Waals surface area contributed by atoms with Gasteiger partial charge in [0.05, 0.1) is 7.11 Å².